The maximum atomic E-state index is 11.6. The number of carbonyl (C=O) groups excluding carboxylic acids is 1. The summed E-state index contributed by atoms with van der Waals surface area (Å²) in [5.41, 5.74) is 7.10. The van der Waals surface area contributed by atoms with E-state index in [-0.39, 0.29) is 5.78 Å². The standard InChI is InChI=1S/C12H16ClNO/c1-8(2)9-5-10(7-11(13)6-9)12(15)3-4-14/h5-8H,3-4,14H2,1-2H3. The molecule has 0 aliphatic carbocycles. The van der Waals surface area contributed by atoms with Crippen molar-refractivity contribution < 1.29 is 4.79 Å². The van der Waals surface area contributed by atoms with Gasteiger partial charge in [-0.15, -0.1) is 0 Å². The Morgan fingerprint density at radius 3 is 2.60 bits per heavy atom. The molecule has 3 heteroatoms. The Morgan fingerprint density at radius 1 is 1.40 bits per heavy atom. The van der Waals surface area contributed by atoms with Gasteiger partial charge in [-0.1, -0.05) is 25.4 Å². The van der Waals surface area contributed by atoms with E-state index in [0.29, 0.717) is 29.5 Å². The zero-order chi connectivity index (χ0) is 11.4. The van der Waals surface area contributed by atoms with Gasteiger partial charge >= 0.3 is 0 Å². The molecule has 0 heterocycles. The monoisotopic (exact) mass is 225 g/mol. The van der Waals surface area contributed by atoms with Crippen molar-refractivity contribution in [2.75, 3.05) is 6.54 Å². The lowest BCUT2D eigenvalue weighted by molar-refractivity contribution is 0.0985. The Balaban J connectivity index is 3.03. The number of ketones is 1. The Hall–Kier alpha value is -0.860. The maximum absolute atomic E-state index is 11.6. The second-order valence-corrected chi connectivity index (χ2v) is 4.33. The van der Waals surface area contributed by atoms with Gasteiger partial charge in [0.1, 0.15) is 0 Å². The second kappa shape index (κ2) is 5.29. The molecule has 1 aromatic rings. The topological polar surface area (TPSA) is 43.1 Å². The average molecular weight is 226 g/mol. The fraction of sp³-hybridized carbons (Fsp3) is 0.417. The third-order valence-electron chi connectivity index (χ3n) is 2.28. The summed E-state index contributed by atoms with van der Waals surface area (Å²) in [6, 6.07) is 5.49. The lowest BCUT2D eigenvalue weighted by atomic mass is 9.98. The molecule has 15 heavy (non-hydrogen) atoms. The Kier molecular flexibility index (Phi) is 4.30. The fourth-order valence-electron chi connectivity index (χ4n) is 1.38. The molecule has 0 aliphatic rings. The average Bonchev–Trinajstić information content (AvgIpc) is 2.17. The van der Waals surface area contributed by atoms with Gasteiger partial charge in [0, 0.05) is 17.0 Å². The molecule has 0 spiro atoms. The molecule has 0 aliphatic heterocycles. The van der Waals surface area contributed by atoms with Crippen molar-refractivity contribution >= 4 is 17.4 Å². The third-order valence-corrected chi connectivity index (χ3v) is 2.50. The first-order valence-corrected chi connectivity index (χ1v) is 5.46. The van der Waals surface area contributed by atoms with Crippen LogP contribution < -0.4 is 5.73 Å². The molecule has 2 nitrogen and oxygen atoms in total. The zero-order valence-corrected chi connectivity index (χ0v) is 9.84. The summed E-state index contributed by atoms with van der Waals surface area (Å²) >= 11 is 5.95. The lowest BCUT2D eigenvalue weighted by Gasteiger charge is -2.08. The van der Waals surface area contributed by atoms with Gasteiger partial charge in [-0.2, -0.15) is 0 Å². The number of rotatable bonds is 4. The minimum Gasteiger partial charge on any atom is -0.330 e. The third kappa shape index (κ3) is 3.33. The number of carbonyl (C=O) groups is 1. The van der Waals surface area contributed by atoms with Crippen LogP contribution >= 0.6 is 11.6 Å². The molecule has 0 fully saturated rings. The van der Waals surface area contributed by atoms with Gasteiger partial charge in [-0.3, -0.25) is 4.79 Å². The summed E-state index contributed by atoms with van der Waals surface area (Å²) in [6.07, 6.45) is 0.373. The van der Waals surface area contributed by atoms with Crippen LogP contribution in [0.4, 0.5) is 0 Å². The number of Topliss-reactive ketones (excluding diaryl/α,β-unsaturated/α-hetero) is 1. The van der Waals surface area contributed by atoms with Gasteiger partial charge in [-0.05, 0) is 36.2 Å². The van der Waals surface area contributed by atoms with Gasteiger partial charge in [-0.25, -0.2) is 0 Å². The van der Waals surface area contributed by atoms with E-state index in [4.69, 9.17) is 17.3 Å². The molecular weight excluding hydrogens is 210 g/mol. The molecule has 0 aromatic heterocycles. The Morgan fingerprint density at radius 2 is 2.07 bits per heavy atom. The molecule has 0 amide bonds. The van der Waals surface area contributed by atoms with Crippen LogP contribution in [0.2, 0.25) is 5.02 Å². The first kappa shape index (κ1) is 12.2. The van der Waals surface area contributed by atoms with E-state index in [1.165, 1.54) is 0 Å². The number of hydrogen-bond donors (Lipinski definition) is 1. The molecule has 0 bridgehead atoms. The molecule has 0 saturated heterocycles. The van der Waals surface area contributed by atoms with Crippen LogP contribution in [0.5, 0.6) is 0 Å². The van der Waals surface area contributed by atoms with E-state index in [1.807, 2.05) is 12.1 Å². The van der Waals surface area contributed by atoms with Crippen LogP contribution in [-0.2, 0) is 0 Å². The van der Waals surface area contributed by atoms with Crippen LogP contribution in [0.25, 0.3) is 0 Å². The fourth-order valence-corrected chi connectivity index (χ4v) is 1.63. The molecule has 1 aromatic carbocycles. The molecule has 0 radical (unpaired) electrons. The lowest BCUT2D eigenvalue weighted by Crippen LogP contribution is -2.08. The summed E-state index contributed by atoms with van der Waals surface area (Å²) in [4.78, 5) is 11.6. The van der Waals surface area contributed by atoms with Crippen LogP contribution in [0.15, 0.2) is 18.2 Å². The summed E-state index contributed by atoms with van der Waals surface area (Å²) in [5.74, 6) is 0.426. The van der Waals surface area contributed by atoms with Gasteiger partial charge in [0.15, 0.2) is 5.78 Å². The van der Waals surface area contributed by atoms with E-state index >= 15 is 0 Å². The van der Waals surface area contributed by atoms with Crippen LogP contribution in [-0.4, -0.2) is 12.3 Å². The largest absolute Gasteiger partial charge is 0.330 e. The number of benzene rings is 1. The highest BCUT2D eigenvalue weighted by atomic mass is 35.5. The van der Waals surface area contributed by atoms with Crippen molar-refractivity contribution in [3.63, 3.8) is 0 Å². The van der Waals surface area contributed by atoms with Crippen LogP contribution in [0.1, 0.15) is 42.1 Å². The van der Waals surface area contributed by atoms with Crippen molar-refractivity contribution in [3.8, 4) is 0 Å². The number of hydrogen-bond acceptors (Lipinski definition) is 2. The predicted octanol–water partition coefficient (Wildman–Crippen LogP) is 2.99. The summed E-state index contributed by atoms with van der Waals surface area (Å²) < 4.78 is 0. The smallest absolute Gasteiger partial charge is 0.164 e. The zero-order valence-electron chi connectivity index (χ0n) is 9.09. The molecule has 2 N–H and O–H groups in total. The highest BCUT2D eigenvalue weighted by Gasteiger charge is 2.09. The first-order chi connectivity index (χ1) is 7.04. The van der Waals surface area contributed by atoms with Crippen LogP contribution in [0.3, 0.4) is 0 Å². The van der Waals surface area contributed by atoms with Crippen molar-refractivity contribution in [1.29, 1.82) is 0 Å². The molecule has 0 unspecified atom stereocenters. The number of halogens is 1. The van der Waals surface area contributed by atoms with E-state index in [1.54, 1.807) is 6.07 Å². The minimum atomic E-state index is 0.0573. The van der Waals surface area contributed by atoms with Crippen molar-refractivity contribution in [2.45, 2.75) is 26.2 Å². The minimum absolute atomic E-state index is 0.0573. The molecule has 1 rings (SSSR count). The Bertz CT molecular complexity index is 361. The van der Waals surface area contributed by atoms with Gasteiger partial charge in [0.2, 0.25) is 0 Å². The summed E-state index contributed by atoms with van der Waals surface area (Å²) in [5, 5.41) is 0.613. The SMILES string of the molecule is CC(C)c1cc(Cl)cc(C(=O)CCN)c1. The van der Waals surface area contributed by atoms with Gasteiger partial charge in [0.25, 0.3) is 0 Å². The highest BCUT2D eigenvalue weighted by molar-refractivity contribution is 6.31. The highest BCUT2D eigenvalue weighted by Crippen LogP contribution is 2.22. The molecule has 0 atom stereocenters. The van der Waals surface area contributed by atoms with Crippen molar-refractivity contribution in [1.82, 2.24) is 0 Å². The summed E-state index contributed by atoms with van der Waals surface area (Å²) in [6.45, 7) is 4.52. The van der Waals surface area contributed by atoms with E-state index < -0.39 is 0 Å². The van der Waals surface area contributed by atoms with E-state index in [9.17, 15) is 4.79 Å². The quantitative estimate of drug-likeness (QED) is 0.801. The maximum Gasteiger partial charge on any atom is 0.164 e. The Labute approximate surface area is 95.4 Å². The molecular formula is C12H16ClNO. The first-order valence-electron chi connectivity index (χ1n) is 5.08. The van der Waals surface area contributed by atoms with Crippen molar-refractivity contribution in [2.24, 2.45) is 5.73 Å². The summed E-state index contributed by atoms with van der Waals surface area (Å²) in [7, 11) is 0. The van der Waals surface area contributed by atoms with Crippen molar-refractivity contribution in [3.05, 3.63) is 34.3 Å². The molecule has 0 saturated carbocycles. The normalized spacial score (nSPS) is 10.7. The van der Waals surface area contributed by atoms with Crippen LogP contribution in [0, 0.1) is 0 Å². The van der Waals surface area contributed by atoms with Gasteiger partial charge < -0.3 is 5.73 Å². The van der Waals surface area contributed by atoms with E-state index in [2.05, 4.69) is 13.8 Å². The van der Waals surface area contributed by atoms with Gasteiger partial charge in [0.05, 0.1) is 0 Å². The molecule has 82 valence electrons. The predicted molar refractivity (Wildman–Crippen MR) is 63.5 cm³/mol. The second-order valence-electron chi connectivity index (χ2n) is 3.89. The van der Waals surface area contributed by atoms with E-state index in [0.717, 1.165) is 5.56 Å². The number of nitrogens with two attached hydrogens (primary N) is 1.